The lowest BCUT2D eigenvalue weighted by atomic mass is 9.90. The Hall–Kier alpha value is -1.07. The number of nitrogens with one attached hydrogen (secondary N) is 1. The first-order valence-corrected chi connectivity index (χ1v) is 6.22. The normalized spacial score (nSPS) is 12.7. The first-order chi connectivity index (χ1) is 8.74. The van der Waals surface area contributed by atoms with Crippen molar-refractivity contribution in [2.45, 2.75) is 33.0 Å². The van der Waals surface area contributed by atoms with Gasteiger partial charge in [0.25, 0.3) is 0 Å². The summed E-state index contributed by atoms with van der Waals surface area (Å²) in [6, 6.07) is 5.15. The molecule has 1 rings (SSSR count). The molecule has 0 aromatic heterocycles. The lowest BCUT2D eigenvalue weighted by molar-refractivity contribution is -0.137. The summed E-state index contributed by atoms with van der Waals surface area (Å²) in [5, 5.41) is 12.1. The van der Waals surface area contributed by atoms with E-state index in [1.54, 1.807) is 0 Å². The van der Waals surface area contributed by atoms with Crippen LogP contribution in [0.5, 0.6) is 0 Å². The molecule has 0 radical (unpaired) electrons. The lowest BCUT2D eigenvalue weighted by Crippen LogP contribution is -2.29. The van der Waals surface area contributed by atoms with E-state index in [2.05, 4.69) is 5.32 Å². The van der Waals surface area contributed by atoms with E-state index in [-0.39, 0.29) is 12.0 Å². The van der Waals surface area contributed by atoms with Gasteiger partial charge in [-0.15, -0.1) is 0 Å². The summed E-state index contributed by atoms with van der Waals surface area (Å²) in [7, 11) is 0. The molecule has 19 heavy (non-hydrogen) atoms. The Morgan fingerprint density at radius 2 is 1.68 bits per heavy atom. The smallest absolute Gasteiger partial charge is 0.396 e. The predicted molar refractivity (Wildman–Crippen MR) is 68.6 cm³/mol. The molecule has 1 aromatic carbocycles. The highest BCUT2D eigenvalue weighted by Gasteiger charge is 2.29. The van der Waals surface area contributed by atoms with Gasteiger partial charge in [-0.05, 0) is 29.5 Å². The molecule has 0 amide bonds. The van der Waals surface area contributed by atoms with Crippen molar-refractivity contribution in [1.82, 2.24) is 5.32 Å². The topological polar surface area (TPSA) is 32.3 Å². The van der Waals surface area contributed by atoms with Crippen LogP contribution in [0.3, 0.4) is 0 Å². The quantitative estimate of drug-likeness (QED) is 0.835. The zero-order valence-electron chi connectivity index (χ0n) is 11.2. The van der Waals surface area contributed by atoms with Crippen LogP contribution in [0.1, 0.15) is 31.4 Å². The van der Waals surface area contributed by atoms with E-state index in [1.807, 2.05) is 13.8 Å². The molecule has 2 nitrogen and oxygen atoms in total. The van der Waals surface area contributed by atoms with E-state index in [0.717, 1.165) is 17.7 Å². The second-order valence-electron chi connectivity index (χ2n) is 5.44. The molecule has 1 aromatic rings. The third-order valence-electron chi connectivity index (χ3n) is 3.00. The van der Waals surface area contributed by atoms with Crippen molar-refractivity contribution in [1.29, 1.82) is 0 Å². The zero-order chi connectivity index (χ0) is 14.5. The van der Waals surface area contributed by atoms with Gasteiger partial charge in [-0.2, -0.15) is 13.2 Å². The van der Waals surface area contributed by atoms with Gasteiger partial charge in [0.15, 0.2) is 0 Å². The standard InChI is InChI=1S/C14H20F3NO/c1-13(2,7-8-19)10-18-9-11-3-5-12(6-4-11)14(15,16)17/h3-6,18-19H,7-10H2,1-2H3. The highest BCUT2D eigenvalue weighted by atomic mass is 19.4. The SMILES string of the molecule is CC(C)(CCO)CNCc1ccc(C(F)(F)F)cc1. The van der Waals surface area contributed by atoms with Crippen molar-refractivity contribution in [3.63, 3.8) is 0 Å². The van der Waals surface area contributed by atoms with E-state index < -0.39 is 11.7 Å². The molecule has 0 saturated carbocycles. The Bertz CT molecular complexity index is 385. The molecule has 0 spiro atoms. The first kappa shape index (κ1) is 16.0. The Morgan fingerprint density at radius 3 is 2.16 bits per heavy atom. The average molecular weight is 275 g/mol. The van der Waals surface area contributed by atoms with Crippen molar-refractivity contribution in [2.24, 2.45) is 5.41 Å². The Morgan fingerprint density at radius 1 is 1.11 bits per heavy atom. The molecule has 0 aliphatic rings. The van der Waals surface area contributed by atoms with E-state index in [9.17, 15) is 13.2 Å². The molecule has 2 N–H and O–H groups in total. The van der Waals surface area contributed by atoms with Crippen molar-refractivity contribution in [3.05, 3.63) is 35.4 Å². The fraction of sp³-hybridized carbons (Fsp3) is 0.571. The van der Waals surface area contributed by atoms with Gasteiger partial charge in [0.05, 0.1) is 5.56 Å². The minimum atomic E-state index is -4.28. The number of hydrogen-bond donors (Lipinski definition) is 2. The summed E-state index contributed by atoms with van der Waals surface area (Å²) >= 11 is 0. The molecule has 0 saturated heterocycles. The summed E-state index contributed by atoms with van der Waals surface area (Å²) in [6.07, 6.45) is -3.60. The molecule has 108 valence electrons. The maximum absolute atomic E-state index is 12.4. The number of hydrogen-bond acceptors (Lipinski definition) is 2. The van der Waals surface area contributed by atoms with Crippen LogP contribution in [0.25, 0.3) is 0 Å². The van der Waals surface area contributed by atoms with Gasteiger partial charge < -0.3 is 10.4 Å². The number of halogens is 3. The highest BCUT2D eigenvalue weighted by molar-refractivity contribution is 5.24. The molecular formula is C14H20F3NO. The van der Waals surface area contributed by atoms with Gasteiger partial charge in [-0.1, -0.05) is 26.0 Å². The van der Waals surface area contributed by atoms with Gasteiger partial charge in [0, 0.05) is 19.7 Å². The number of rotatable bonds is 6. The van der Waals surface area contributed by atoms with Gasteiger partial charge in [0.1, 0.15) is 0 Å². The van der Waals surface area contributed by atoms with E-state index in [0.29, 0.717) is 19.5 Å². The highest BCUT2D eigenvalue weighted by Crippen LogP contribution is 2.29. The van der Waals surface area contributed by atoms with Crippen LogP contribution in [0.2, 0.25) is 0 Å². The minimum Gasteiger partial charge on any atom is -0.396 e. The van der Waals surface area contributed by atoms with Gasteiger partial charge >= 0.3 is 6.18 Å². The molecule has 0 unspecified atom stereocenters. The number of aliphatic hydroxyl groups is 1. The van der Waals surface area contributed by atoms with Crippen LogP contribution in [-0.4, -0.2) is 18.3 Å². The fourth-order valence-corrected chi connectivity index (χ4v) is 1.75. The van der Waals surface area contributed by atoms with Crippen LogP contribution >= 0.6 is 0 Å². The zero-order valence-corrected chi connectivity index (χ0v) is 11.2. The fourth-order valence-electron chi connectivity index (χ4n) is 1.75. The molecule has 0 aliphatic carbocycles. The van der Waals surface area contributed by atoms with Crippen molar-refractivity contribution in [3.8, 4) is 0 Å². The Labute approximate surface area is 111 Å². The molecule has 0 fully saturated rings. The molecule has 0 atom stereocenters. The summed E-state index contributed by atoms with van der Waals surface area (Å²) in [6.45, 7) is 5.42. The van der Waals surface area contributed by atoms with E-state index >= 15 is 0 Å². The van der Waals surface area contributed by atoms with Crippen LogP contribution < -0.4 is 5.32 Å². The monoisotopic (exact) mass is 275 g/mol. The Balaban J connectivity index is 2.47. The number of aliphatic hydroxyl groups excluding tert-OH is 1. The van der Waals surface area contributed by atoms with Gasteiger partial charge in [-0.25, -0.2) is 0 Å². The van der Waals surface area contributed by atoms with Crippen LogP contribution in [-0.2, 0) is 12.7 Å². The largest absolute Gasteiger partial charge is 0.416 e. The van der Waals surface area contributed by atoms with E-state index in [4.69, 9.17) is 5.11 Å². The van der Waals surface area contributed by atoms with Crippen LogP contribution in [0, 0.1) is 5.41 Å². The van der Waals surface area contributed by atoms with Crippen molar-refractivity contribution < 1.29 is 18.3 Å². The maximum atomic E-state index is 12.4. The molecular weight excluding hydrogens is 255 g/mol. The summed E-state index contributed by atoms with van der Waals surface area (Å²) in [5.74, 6) is 0. The minimum absolute atomic E-state index is 0.0271. The van der Waals surface area contributed by atoms with Gasteiger partial charge in [-0.3, -0.25) is 0 Å². The maximum Gasteiger partial charge on any atom is 0.416 e. The van der Waals surface area contributed by atoms with Crippen molar-refractivity contribution >= 4 is 0 Å². The summed E-state index contributed by atoms with van der Waals surface area (Å²) in [5.41, 5.74) is 0.158. The van der Waals surface area contributed by atoms with Crippen LogP contribution in [0.15, 0.2) is 24.3 Å². The summed E-state index contributed by atoms with van der Waals surface area (Å²) < 4.78 is 37.1. The van der Waals surface area contributed by atoms with Crippen molar-refractivity contribution in [2.75, 3.05) is 13.2 Å². The second-order valence-corrected chi connectivity index (χ2v) is 5.44. The third kappa shape index (κ3) is 5.61. The Kier molecular flexibility index (Phi) is 5.38. The lowest BCUT2D eigenvalue weighted by Gasteiger charge is -2.24. The number of alkyl halides is 3. The molecule has 5 heteroatoms. The average Bonchev–Trinajstić information content (AvgIpc) is 2.28. The second kappa shape index (κ2) is 6.39. The third-order valence-corrected chi connectivity index (χ3v) is 3.00. The van der Waals surface area contributed by atoms with Gasteiger partial charge in [0.2, 0.25) is 0 Å². The molecule has 0 heterocycles. The molecule has 0 aliphatic heterocycles. The summed E-state index contributed by atoms with van der Waals surface area (Å²) in [4.78, 5) is 0. The van der Waals surface area contributed by atoms with E-state index in [1.165, 1.54) is 12.1 Å². The van der Waals surface area contributed by atoms with Crippen LogP contribution in [0.4, 0.5) is 13.2 Å². The first-order valence-electron chi connectivity index (χ1n) is 6.22. The predicted octanol–water partition coefficient (Wildman–Crippen LogP) is 3.20. The number of benzene rings is 1. The molecule has 0 bridgehead atoms.